The Balaban J connectivity index is 2.07. The van der Waals surface area contributed by atoms with E-state index in [9.17, 15) is 4.79 Å². The van der Waals surface area contributed by atoms with Gasteiger partial charge in [-0.1, -0.05) is 13.8 Å². The van der Waals surface area contributed by atoms with Crippen molar-refractivity contribution in [3.63, 3.8) is 0 Å². The molecule has 2 fully saturated rings. The van der Waals surface area contributed by atoms with Crippen molar-refractivity contribution < 1.29 is 9.53 Å². The Hall–Kier alpha value is -0.370. The second kappa shape index (κ2) is 2.32. The maximum atomic E-state index is 11.5. The van der Waals surface area contributed by atoms with Crippen LogP contribution in [0.2, 0.25) is 0 Å². The monoisotopic (exact) mass is 168 g/mol. The van der Waals surface area contributed by atoms with Crippen molar-refractivity contribution in [3.05, 3.63) is 0 Å². The summed E-state index contributed by atoms with van der Waals surface area (Å²) < 4.78 is 5.41. The van der Waals surface area contributed by atoms with Crippen LogP contribution in [0.5, 0.6) is 0 Å². The van der Waals surface area contributed by atoms with Gasteiger partial charge >= 0.3 is 0 Å². The number of ketones is 1. The van der Waals surface area contributed by atoms with E-state index in [0.29, 0.717) is 17.6 Å². The smallest absolute Gasteiger partial charge is 0.167 e. The molecule has 3 atom stereocenters. The predicted octanol–water partition coefficient (Wildman–Crippen LogP) is 1.78. The normalized spacial score (nSPS) is 46.2. The molecule has 0 amide bonds. The molecule has 2 aliphatic rings. The molecule has 0 unspecified atom stereocenters. The topological polar surface area (TPSA) is 29.6 Å². The van der Waals surface area contributed by atoms with Gasteiger partial charge in [0.25, 0.3) is 0 Å². The zero-order valence-corrected chi connectivity index (χ0v) is 7.96. The summed E-state index contributed by atoms with van der Waals surface area (Å²) in [5.41, 5.74) is -0.370. The summed E-state index contributed by atoms with van der Waals surface area (Å²) in [4.78, 5) is 11.5. The van der Waals surface area contributed by atoms with Crippen LogP contribution >= 0.6 is 0 Å². The van der Waals surface area contributed by atoms with E-state index in [1.54, 1.807) is 0 Å². The van der Waals surface area contributed by atoms with Gasteiger partial charge in [-0.15, -0.1) is 0 Å². The van der Waals surface area contributed by atoms with Crippen LogP contribution in [0.25, 0.3) is 0 Å². The van der Waals surface area contributed by atoms with E-state index < -0.39 is 0 Å². The van der Waals surface area contributed by atoms with Gasteiger partial charge in [0.05, 0.1) is 6.10 Å². The Kier molecular flexibility index (Phi) is 1.59. The molecule has 1 saturated heterocycles. The Morgan fingerprint density at radius 3 is 2.75 bits per heavy atom. The SMILES string of the molecule is CC(C)[C@@H]1CC(=O)[C@]2(C)O[C@@H]2C1. The van der Waals surface area contributed by atoms with Crippen molar-refractivity contribution in [1.29, 1.82) is 0 Å². The lowest BCUT2D eigenvalue weighted by atomic mass is 9.77. The summed E-state index contributed by atoms with van der Waals surface area (Å²) in [6.07, 6.45) is 2.05. The lowest BCUT2D eigenvalue weighted by molar-refractivity contribution is -0.125. The molecule has 0 radical (unpaired) electrons. The Bertz CT molecular complexity index is 222. The highest BCUT2D eigenvalue weighted by Gasteiger charge is 2.61. The first-order chi connectivity index (χ1) is 5.54. The lowest BCUT2D eigenvalue weighted by Crippen LogP contribution is -2.33. The van der Waals surface area contributed by atoms with E-state index >= 15 is 0 Å². The number of carbonyl (C=O) groups is 1. The Labute approximate surface area is 73.3 Å². The largest absolute Gasteiger partial charge is 0.358 e. The molecule has 0 N–H and O–H groups in total. The van der Waals surface area contributed by atoms with Gasteiger partial charge < -0.3 is 4.74 Å². The average Bonchev–Trinajstić information content (AvgIpc) is 2.62. The molecule has 1 saturated carbocycles. The zero-order chi connectivity index (χ0) is 8.93. The fourth-order valence-corrected chi connectivity index (χ4v) is 2.09. The minimum atomic E-state index is -0.370. The van der Waals surface area contributed by atoms with Crippen molar-refractivity contribution in [2.45, 2.75) is 45.3 Å². The van der Waals surface area contributed by atoms with Crippen LogP contribution in [-0.2, 0) is 9.53 Å². The highest BCUT2D eigenvalue weighted by Crippen LogP contribution is 2.48. The number of Topliss-reactive ketones (excluding diaryl/α,β-unsaturated/α-hetero) is 1. The van der Waals surface area contributed by atoms with Crippen molar-refractivity contribution in [2.75, 3.05) is 0 Å². The zero-order valence-electron chi connectivity index (χ0n) is 7.96. The molecule has 0 aromatic carbocycles. The van der Waals surface area contributed by atoms with Gasteiger partial charge in [0.1, 0.15) is 5.60 Å². The molecule has 2 rings (SSSR count). The summed E-state index contributed by atoms with van der Waals surface area (Å²) in [6, 6.07) is 0. The van der Waals surface area contributed by atoms with E-state index in [0.717, 1.165) is 12.8 Å². The van der Waals surface area contributed by atoms with Gasteiger partial charge in [-0.05, 0) is 25.2 Å². The van der Waals surface area contributed by atoms with E-state index in [4.69, 9.17) is 4.74 Å². The fourth-order valence-electron chi connectivity index (χ4n) is 2.09. The number of epoxide rings is 1. The summed E-state index contributed by atoms with van der Waals surface area (Å²) in [7, 11) is 0. The molecule has 1 aliphatic carbocycles. The van der Waals surface area contributed by atoms with Gasteiger partial charge in [-0.2, -0.15) is 0 Å². The van der Waals surface area contributed by atoms with Crippen molar-refractivity contribution >= 4 is 5.78 Å². The summed E-state index contributed by atoms with van der Waals surface area (Å²) in [6.45, 7) is 6.29. The van der Waals surface area contributed by atoms with Crippen LogP contribution in [0.3, 0.4) is 0 Å². The van der Waals surface area contributed by atoms with Crippen LogP contribution < -0.4 is 0 Å². The predicted molar refractivity (Wildman–Crippen MR) is 45.8 cm³/mol. The minimum Gasteiger partial charge on any atom is -0.358 e. The van der Waals surface area contributed by atoms with Gasteiger partial charge in [-0.25, -0.2) is 0 Å². The maximum Gasteiger partial charge on any atom is 0.167 e. The number of carbonyl (C=O) groups excluding carboxylic acids is 1. The molecular formula is C10H16O2. The quantitative estimate of drug-likeness (QED) is 0.558. The third kappa shape index (κ3) is 1.01. The summed E-state index contributed by atoms with van der Waals surface area (Å²) in [5, 5.41) is 0. The Morgan fingerprint density at radius 1 is 1.58 bits per heavy atom. The standard InChI is InChI=1S/C10H16O2/c1-6(2)7-4-8(11)10(3)9(5-7)12-10/h6-7,9H,4-5H2,1-3H3/t7-,9-,10+/m1/s1. The van der Waals surface area contributed by atoms with E-state index in [2.05, 4.69) is 13.8 Å². The van der Waals surface area contributed by atoms with Crippen LogP contribution in [0.4, 0.5) is 0 Å². The average molecular weight is 168 g/mol. The molecule has 0 bridgehead atoms. The fraction of sp³-hybridized carbons (Fsp3) is 0.900. The van der Waals surface area contributed by atoms with Crippen molar-refractivity contribution in [3.8, 4) is 0 Å². The number of hydrogen-bond donors (Lipinski definition) is 0. The van der Waals surface area contributed by atoms with Crippen LogP contribution in [-0.4, -0.2) is 17.5 Å². The molecule has 1 heterocycles. The van der Waals surface area contributed by atoms with Gasteiger partial charge in [0, 0.05) is 6.42 Å². The van der Waals surface area contributed by atoms with E-state index in [-0.39, 0.29) is 11.7 Å². The second-order valence-electron chi connectivity index (χ2n) is 4.58. The summed E-state index contributed by atoms with van der Waals surface area (Å²) >= 11 is 0. The lowest BCUT2D eigenvalue weighted by Gasteiger charge is -2.24. The number of fused-ring (bicyclic) bond motifs is 1. The first-order valence-electron chi connectivity index (χ1n) is 4.75. The first kappa shape index (κ1) is 8.24. The maximum absolute atomic E-state index is 11.5. The number of ether oxygens (including phenoxy) is 1. The highest BCUT2D eigenvalue weighted by molar-refractivity contribution is 5.91. The number of hydrogen-bond acceptors (Lipinski definition) is 2. The number of rotatable bonds is 1. The minimum absolute atomic E-state index is 0.242. The molecule has 0 aromatic rings. The van der Waals surface area contributed by atoms with Crippen LogP contribution in [0, 0.1) is 11.8 Å². The van der Waals surface area contributed by atoms with Gasteiger partial charge in [-0.3, -0.25) is 4.79 Å². The third-order valence-corrected chi connectivity index (χ3v) is 3.41. The van der Waals surface area contributed by atoms with Gasteiger partial charge in [0.2, 0.25) is 0 Å². The Morgan fingerprint density at radius 2 is 2.25 bits per heavy atom. The highest BCUT2D eigenvalue weighted by atomic mass is 16.6. The molecular weight excluding hydrogens is 152 g/mol. The van der Waals surface area contributed by atoms with Crippen molar-refractivity contribution in [2.24, 2.45) is 11.8 Å². The first-order valence-corrected chi connectivity index (χ1v) is 4.75. The molecule has 2 nitrogen and oxygen atoms in total. The second-order valence-corrected chi connectivity index (χ2v) is 4.58. The van der Waals surface area contributed by atoms with Crippen molar-refractivity contribution in [1.82, 2.24) is 0 Å². The molecule has 1 aliphatic heterocycles. The molecule has 68 valence electrons. The summed E-state index contributed by atoms with van der Waals surface area (Å²) in [5.74, 6) is 1.48. The molecule has 0 spiro atoms. The van der Waals surface area contributed by atoms with Crippen LogP contribution in [0.15, 0.2) is 0 Å². The van der Waals surface area contributed by atoms with Crippen LogP contribution in [0.1, 0.15) is 33.6 Å². The van der Waals surface area contributed by atoms with Gasteiger partial charge in [0.15, 0.2) is 5.78 Å². The molecule has 12 heavy (non-hydrogen) atoms. The molecule has 2 heteroatoms. The van der Waals surface area contributed by atoms with E-state index in [1.165, 1.54) is 0 Å². The third-order valence-electron chi connectivity index (χ3n) is 3.41. The molecule has 0 aromatic heterocycles. The van der Waals surface area contributed by atoms with E-state index in [1.807, 2.05) is 6.92 Å².